The van der Waals surface area contributed by atoms with E-state index < -0.39 is 0 Å². The molecule has 36 heavy (non-hydrogen) atoms. The minimum atomic E-state index is -0.333. The largest absolute Gasteiger partial charge is 0.378 e. The van der Waals surface area contributed by atoms with Gasteiger partial charge in [0.2, 0.25) is 0 Å². The Labute approximate surface area is 208 Å². The number of aromatic nitrogens is 5. The number of carbonyl (C=O) groups excluding carboxylic acids is 2. The van der Waals surface area contributed by atoms with E-state index in [9.17, 15) is 9.59 Å². The summed E-state index contributed by atoms with van der Waals surface area (Å²) in [6.07, 6.45) is 1.54. The number of amides is 2. The minimum Gasteiger partial charge on any atom is -0.378 e. The first kappa shape index (κ1) is 23.7. The summed E-state index contributed by atoms with van der Waals surface area (Å²) in [4.78, 5) is 33.6. The molecule has 1 saturated heterocycles. The van der Waals surface area contributed by atoms with Crippen molar-refractivity contribution < 1.29 is 14.3 Å². The van der Waals surface area contributed by atoms with Gasteiger partial charge in [-0.2, -0.15) is 10.2 Å². The maximum atomic E-state index is 13.7. The van der Waals surface area contributed by atoms with Crippen LogP contribution in [-0.2, 0) is 18.3 Å². The first-order valence-electron chi connectivity index (χ1n) is 12.0. The minimum absolute atomic E-state index is 0.171. The number of para-hydroxylation sites is 1. The lowest BCUT2D eigenvalue weighted by Crippen LogP contribution is -2.41. The van der Waals surface area contributed by atoms with Crippen molar-refractivity contribution in [3.8, 4) is 11.3 Å². The van der Waals surface area contributed by atoms with Crippen LogP contribution >= 0.6 is 0 Å². The van der Waals surface area contributed by atoms with Crippen molar-refractivity contribution in [2.45, 2.75) is 27.3 Å². The van der Waals surface area contributed by atoms with Crippen LogP contribution in [0.4, 0.5) is 5.69 Å². The molecule has 1 aliphatic rings. The van der Waals surface area contributed by atoms with E-state index in [1.807, 2.05) is 56.8 Å². The normalized spacial score (nSPS) is 13.8. The van der Waals surface area contributed by atoms with E-state index in [-0.39, 0.29) is 11.8 Å². The third kappa shape index (κ3) is 4.13. The van der Waals surface area contributed by atoms with E-state index >= 15 is 0 Å². The summed E-state index contributed by atoms with van der Waals surface area (Å²) in [5, 5.41) is 12.5. The molecule has 0 unspecified atom stereocenters. The Morgan fingerprint density at radius 2 is 1.89 bits per heavy atom. The first-order chi connectivity index (χ1) is 17.4. The summed E-state index contributed by atoms with van der Waals surface area (Å²) in [7, 11) is 1.89. The summed E-state index contributed by atoms with van der Waals surface area (Å²) in [6.45, 7) is 8.32. The predicted octanol–water partition coefficient (Wildman–Crippen LogP) is 3.19. The van der Waals surface area contributed by atoms with Crippen molar-refractivity contribution in [2.75, 3.05) is 31.6 Å². The third-order valence-electron chi connectivity index (χ3n) is 6.61. The molecule has 0 aliphatic carbocycles. The van der Waals surface area contributed by atoms with E-state index in [1.54, 1.807) is 15.6 Å². The fourth-order valence-corrected chi connectivity index (χ4v) is 4.68. The number of hydrogen-bond donors (Lipinski definition) is 1. The highest BCUT2D eigenvalue weighted by Gasteiger charge is 2.27. The number of pyridine rings is 1. The van der Waals surface area contributed by atoms with E-state index in [4.69, 9.17) is 9.72 Å². The quantitative estimate of drug-likeness (QED) is 0.463. The second-order valence-electron chi connectivity index (χ2n) is 8.82. The zero-order valence-electron chi connectivity index (χ0n) is 20.9. The lowest BCUT2D eigenvalue weighted by Gasteiger charge is -2.27. The molecule has 0 bridgehead atoms. The van der Waals surface area contributed by atoms with Gasteiger partial charge in [-0.05, 0) is 32.9 Å². The average Bonchev–Trinajstić information content (AvgIpc) is 3.41. The molecule has 10 nitrogen and oxygen atoms in total. The lowest BCUT2D eigenvalue weighted by atomic mass is 10.0. The molecule has 5 rings (SSSR count). The predicted molar refractivity (Wildman–Crippen MR) is 136 cm³/mol. The van der Waals surface area contributed by atoms with Gasteiger partial charge in [0, 0.05) is 43.3 Å². The second-order valence-corrected chi connectivity index (χ2v) is 8.82. The fourth-order valence-electron chi connectivity index (χ4n) is 4.68. The van der Waals surface area contributed by atoms with Gasteiger partial charge in [0.1, 0.15) is 5.69 Å². The van der Waals surface area contributed by atoms with Crippen molar-refractivity contribution in [2.24, 2.45) is 7.05 Å². The van der Waals surface area contributed by atoms with Crippen LogP contribution in [0.3, 0.4) is 0 Å². The number of morpholine rings is 1. The summed E-state index contributed by atoms with van der Waals surface area (Å²) in [6, 6.07) is 9.33. The molecule has 3 aromatic heterocycles. The van der Waals surface area contributed by atoms with Crippen LogP contribution in [0.25, 0.3) is 22.2 Å². The standard InChI is InChI=1S/C26H29N7O3/c1-5-33-24(26(35)32-10-12-36-13-11-32)22(15-27-33)29-25(34)19-14-21(23-16(2)30-31(4)17(23)3)28-20-9-7-6-8-18(19)20/h6-9,14-15H,5,10-13H2,1-4H3,(H,29,34). The van der Waals surface area contributed by atoms with E-state index in [2.05, 4.69) is 15.5 Å². The maximum absolute atomic E-state index is 13.7. The summed E-state index contributed by atoms with van der Waals surface area (Å²) in [5.74, 6) is -0.504. The number of benzene rings is 1. The Bertz CT molecular complexity index is 1460. The molecule has 1 aromatic carbocycles. The maximum Gasteiger partial charge on any atom is 0.274 e. The molecule has 1 aliphatic heterocycles. The van der Waals surface area contributed by atoms with Gasteiger partial charge in [-0.3, -0.25) is 19.0 Å². The molecule has 1 fully saturated rings. The number of aryl methyl sites for hydroxylation is 3. The highest BCUT2D eigenvalue weighted by Crippen LogP contribution is 2.30. The number of ether oxygens (including phenoxy) is 1. The Morgan fingerprint density at radius 3 is 2.58 bits per heavy atom. The molecule has 4 heterocycles. The molecule has 1 N–H and O–H groups in total. The van der Waals surface area contributed by atoms with Crippen molar-refractivity contribution >= 4 is 28.4 Å². The molecule has 0 atom stereocenters. The van der Waals surface area contributed by atoms with Gasteiger partial charge in [0.15, 0.2) is 0 Å². The number of nitrogens with zero attached hydrogens (tertiary/aromatic N) is 6. The summed E-state index contributed by atoms with van der Waals surface area (Å²) < 4.78 is 8.81. The number of fused-ring (bicyclic) bond motifs is 1. The van der Waals surface area contributed by atoms with Gasteiger partial charge < -0.3 is 15.0 Å². The van der Waals surface area contributed by atoms with Crippen LogP contribution in [0.5, 0.6) is 0 Å². The zero-order valence-corrected chi connectivity index (χ0v) is 20.9. The SMILES string of the molecule is CCn1ncc(NC(=O)c2cc(-c3c(C)nn(C)c3C)nc3ccccc23)c1C(=O)N1CCOCC1. The number of rotatable bonds is 5. The van der Waals surface area contributed by atoms with Crippen LogP contribution in [0.2, 0.25) is 0 Å². The third-order valence-corrected chi connectivity index (χ3v) is 6.61. The molecule has 0 spiro atoms. The topological polar surface area (TPSA) is 107 Å². The first-order valence-corrected chi connectivity index (χ1v) is 12.0. The second kappa shape index (κ2) is 9.54. The van der Waals surface area contributed by atoms with Gasteiger partial charge in [-0.1, -0.05) is 18.2 Å². The summed E-state index contributed by atoms with van der Waals surface area (Å²) in [5.41, 5.74) is 5.30. The molecule has 2 amide bonds. The average molecular weight is 488 g/mol. The van der Waals surface area contributed by atoms with Crippen LogP contribution in [0.1, 0.15) is 39.2 Å². The molecule has 0 radical (unpaired) electrons. The molecule has 4 aromatic rings. The van der Waals surface area contributed by atoms with Gasteiger partial charge >= 0.3 is 0 Å². The van der Waals surface area contributed by atoms with Crippen LogP contribution < -0.4 is 5.32 Å². The summed E-state index contributed by atoms with van der Waals surface area (Å²) >= 11 is 0. The van der Waals surface area contributed by atoms with E-state index in [1.165, 1.54) is 6.20 Å². The Balaban J connectivity index is 1.56. The van der Waals surface area contributed by atoms with Crippen LogP contribution in [-0.4, -0.2) is 67.6 Å². The zero-order chi connectivity index (χ0) is 25.4. The Kier molecular flexibility index (Phi) is 6.27. The molecule has 186 valence electrons. The monoisotopic (exact) mass is 487 g/mol. The highest BCUT2D eigenvalue weighted by molar-refractivity contribution is 6.14. The fraction of sp³-hybridized carbons (Fsp3) is 0.346. The Morgan fingerprint density at radius 1 is 1.14 bits per heavy atom. The van der Waals surface area contributed by atoms with Crippen LogP contribution in [0.15, 0.2) is 36.5 Å². The molecular weight excluding hydrogens is 458 g/mol. The smallest absolute Gasteiger partial charge is 0.274 e. The molecular formula is C26H29N7O3. The van der Waals surface area contributed by atoms with E-state index in [0.717, 1.165) is 22.3 Å². The van der Waals surface area contributed by atoms with Gasteiger partial charge in [-0.15, -0.1) is 0 Å². The van der Waals surface area contributed by atoms with Crippen LogP contribution in [0, 0.1) is 13.8 Å². The van der Waals surface area contributed by atoms with Gasteiger partial charge in [0.25, 0.3) is 11.8 Å². The molecule has 0 saturated carbocycles. The number of anilines is 1. The van der Waals surface area contributed by atoms with Crippen molar-refractivity contribution in [3.63, 3.8) is 0 Å². The van der Waals surface area contributed by atoms with Gasteiger partial charge in [0.05, 0.1) is 47.6 Å². The number of carbonyl (C=O) groups is 2. The van der Waals surface area contributed by atoms with Gasteiger partial charge in [-0.25, -0.2) is 4.98 Å². The van der Waals surface area contributed by atoms with Crippen molar-refractivity contribution in [1.82, 2.24) is 29.4 Å². The Hall–Kier alpha value is -4.05. The van der Waals surface area contributed by atoms with Crippen molar-refractivity contribution in [1.29, 1.82) is 0 Å². The number of nitrogens with one attached hydrogen (secondary N) is 1. The van der Waals surface area contributed by atoms with E-state index in [0.29, 0.717) is 61.0 Å². The highest BCUT2D eigenvalue weighted by atomic mass is 16.5. The molecule has 10 heteroatoms. The lowest BCUT2D eigenvalue weighted by molar-refractivity contribution is 0.0295. The van der Waals surface area contributed by atoms with Crippen molar-refractivity contribution in [3.05, 3.63) is 59.2 Å². The number of hydrogen-bond acceptors (Lipinski definition) is 6.